The van der Waals surface area contributed by atoms with Crippen LogP contribution in [0.3, 0.4) is 0 Å². The second kappa shape index (κ2) is 13.2. The maximum atomic E-state index is 5.22. The highest BCUT2D eigenvalue weighted by molar-refractivity contribution is 14.0. The van der Waals surface area contributed by atoms with E-state index in [4.69, 9.17) is 9.47 Å². The molecule has 6 nitrogen and oxygen atoms in total. The second-order valence-corrected chi connectivity index (χ2v) is 6.29. The van der Waals surface area contributed by atoms with Crippen molar-refractivity contribution in [1.82, 2.24) is 15.6 Å². The second-order valence-electron chi connectivity index (χ2n) is 6.29. The lowest BCUT2D eigenvalue weighted by molar-refractivity contribution is 0.397. The predicted octanol–water partition coefficient (Wildman–Crippen LogP) is 3.97. The molecule has 154 valence electrons. The van der Waals surface area contributed by atoms with E-state index < -0.39 is 0 Å². The minimum Gasteiger partial charge on any atom is -0.497 e. The number of pyridine rings is 1. The van der Waals surface area contributed by atoms with E-state index in [-0.39, 0.29) is 24.0 Å². The minimum atomic E-state index is 0. The lowest BCUT2D eigenvalue weighted by atomic mass is 9.98. The van der Waals surface area contributed by atoms with Crippen molar-refractivity contribution in [3.63, 3.8) is 0 Å². The van der Waals surface area contributed by atoms with Gasteiger partial charge < -0.3 is 20.1 Å². The average Bonchev–Trinajstić information content (AvgIpc) is 2.72. The van der Waals surface area contributed by atoms with Gasteiger partial charge in [0.1, 0.15) is 5.75 Å². The Kier molecular flexibility index (Phi) is 11.3. The van der Waals surface area contributed by atoms with Gasteiger partial charge in [-0.25, -0.2) is 9.98 Å². The molecule has 0 amide bonds. The van der Waals surface area contributed by atoms with Gasteiger partial charge in [-0.2, -0.15) is 0 Å². The fraction of sp³-hybridized carbons (Fsp3) is 0.429. The molecule has 0 aliphatic rings. The van der Waals surface area contributed by atoms with Gasteiger partial charge in [0, 0.05) is 25.4 Å². The van der Waals surface area contributed by atoms with Gasteiger partial charge in [-0.05, 0) is 48.6 Å². The molecule has 0 fully saturated rings. The molecule has 2 N–H and O–H groups in total. The number of methoxy groups -OCH3 is 2. The smallest absolute Gasteiger partial charge is 0.213 e. The first-order valence-electron chi connectivity index (χ1n) is 9.31. The van der Waals surface area contributed by atoms with Crippen molar-refractivity contribution >= 4 is 29.9 Å². The van der Waals surface area contributed by atoms with E-state index >= 15 is 0 Å². The zero-order valence-electron chi connectivity index (χ0n) is 17.1. The molecule has 1 aromatic carbocycles. The van der Waals surface area contributed by atoms with Crippen molar-refractivity contribution in [1.29, 1.82) is 0 Å². The Bertz CT molecular complexity index is 723. The zero-order valence-corrected chi connectivity index (χ0v) is 19.4. The highest BCUT2D eigenvalue weighted by atomic mass is 127. The Morgan fingerprint density at radius 3 is 2.50 bits per heavy atom. The van der Waals surface area contributed by atoms with Gasteiger partial charge >= 0.3 is 0 Å². The largest absolute Gasteiger partial charge is 0.497 e. The number of ether oxygens (including phenoxy) is 2. The number of aromatic nitrogens is 1. The molecule has 1 aromatic heterocycles. The first kappa shape index (κ1) is 24.0. The molecule has 7 heteroatoms. The highest BCUT2D eigenvalue weighted by Gasteiger charge is 2.06. The summed E-state index contributed by atoms with van der Waals surface area (Å²) in [5.74, 6) is 2.76. The molecule has 0 aliphatic carbocycles. The van der Waals surface area contributed by atoms with Crippen LogP contribution < -0.4 is 20.1 Å². The van der Waals surface area contributed by atoms with E-state index in [1.54, 1.807) is 20.4 Å². The van der Waals surface area contributed by atoms with Crippen molar-refractivity contribution < 1.29 is 9.47 Å². The number of hydrogen-bond donors (Lipinski definition) is 2. The average molecular weight is 498 g/mol. The Morgan fingerprint density at radius 1 is 1.11 bits per heavy atom. The van der Waals surface area contributed by atoms with Crippen LogP contribution in [0.2, 0.25) is 0 Å². The normalized spacial score (nSPS) is 11.9. The third-order valence-corrected chi connectivity index (χ3v) is 4.33. The number of benzene rings is 1. The Morgan fingerprint density at radius 2 is 1.86 bits per heavy atom. The van der Waals surface area contributed by atoms with Gasteiger partial charge in [-0.1, -0.05) is 19.1 Å². The van der Waals surface area contributed by atoms with Crippen LogP contribution in [0.4, 0.5) is 0 Å². The van der Waals surface area contributed by atoms with Crippen LogP contribution >= 0.6 is 24.0 Å². The topological polar surface area (TPSA) is 67.8 Å². The van der Waals surface area contributed by atoms with Crippen LogP contribution in [0.1, 0.15) is 37.3 Å². The fourth-order valence-electron chi connectivity index (χ4n) is 2.68. The molecule has 0 spiro atoms. The van der Waals surface area contributed by atoms with Gasteiger partial charge in [0.05, 0.1) is 20.8 Å². The molecular formula is C21H31IN4O2. The Hall–Kier alpha value is -2.03. The van der Waals surface area contributed by atoms with E-state index in [9.17, 15) is 0 Å². The van der Waals surface area contributed by atoms with Gasteiger partial charge in [-0.3, -0.25) is 0 Å². The van der Waals surface area contributed by atoms with Crippen LogP contribution in [0, 0.1) is 0 Å². The molecule has 28 heavy (non-hydrogen) atoms. The van der Waals surface area contributed by atoms with Crippen molar-refractivity contribution in [3.8, 4) is 11.6 Å². The highest BCUT2D eigenvalue weighted by Crippen LogP contribution is 2.21. The summed E-state index contributed by atoms with van der Waals surface area (Å²) in [4.78, 5) is 8.77. The predicted molar refractivity (Wildman–Crippen MR) is 125 cm³/mol. The van der Waals surface area contributed by atoms with Gasteiger partial charge in [0.15, 0.2) is 5.96 Å². The van der Waals surface area contributed by atoms with E-state index in [0.717, 1.165) is 36.8 Å². The Labute approximate surface area is 185 Å². The molecule has 1 unspecified atom stereocenters. The van der Waals surface area contributed by atoms with Crippen molar-refractivity contribution in [2.24, 2.45) is 4.99 Å². The Balaban J connectivity index is 0.00000392. The first-order chi connectivity index (χ1) is 13.2. The van der Waals surface area contributed by atoms with Crippen molar-refractivity contribution in [2.75, 3.05) is 27.3 Å². The van der Waals surface area contributed by atoms with E-state index in [1.807, 2.05) is 24.3 Å². The first-order valence-corrected chi connectivity index (χ1v) is 9.31. The number of rotatable bonds is 9. The third kappa shape index (κ3) is 7.92. The van der Waals surface area contributed by atoms with Crippen LogP contribution in [-0.2, 0) is 6.54 Å². The number of nitrogens with zero attached hydrogens (tertiary/aromatic N) is 2. The van der Waals surface area contributed by atoms with Crippen LogP contribution in [0.5, 0.6) is 11.6 Å². The van der Waals surface area contributed by atoms with Crippen molar-refractivity contribution in [2.45, 2.75) is 32.7 Å². The maximum absolute atomic E-state index is 5.22. The summed E-state index contributed by atoms with van der Waals surface area (Å²) < 4.78 is 10.4. The van der Waals surface area contributed by atoms with E-state index in [2.05, 4.69) is 46.6 Å². The SMILES string of the molecule is CCNC(=NCc1ccnc(OC)c1)NCCC(C)c1ccc(OC)cc1.I. The van der Waals surface area contributed by atoms with Crippen LogP contribution in [-0.4, -0.2) is 38.3 Å². The summed E-state index contributed by atoms with van der Waals surface area (Å²) >= 11 is 0. The summed E-state index contributed by atoms with van der Waals surface area (Å²) in [5, 5.41) is 6.70. The van der Waals surface area contributed by atoms with E-state index in [1.165, 1.54) is 5.56 Å². The lowest BCUT2D eigenvalue weighted by Crippen LogP contribution is -2.38. The molecule has 2 rings (SSSR count). The van der Waals surface area contributed by atoms with Gasteiger partial charge in [0.2, 0.25) is 5.88 Å². The van der Waals surface area contributed by atoms with Crippen molar-refractivity contribution in [3.05, 3.63) is 53.7 Å². The molecule has 1 heterocycles. The summed E-state index contributed by atoms with van der Waals surface area (Å²) in [5.41, 5.74) is 2.37. The molecule has 0 saturated carbocycles. The molecule has 0 aliphatic heterocycles. The number of guanidine groups is 1. The number of nitrogens with one attached hydrogen (secondary N) is 2. The van der Waals surface area contributed by atoms with Crippen LogP contribution in [0.25, 0.3) is 0 Å². The zero-order chi connectivity index (χ0) is 19.5. The number of hydrogen-bond acceptors (Lipinski definition) is 4. The monoisotopic (exact) mass is 498 g/mol. The molecular weight excluding hydrogens is 467 g/mol. The summed E-state index contributed by atoms with van der Waals surface area (Å²) in [7, 11) is 3.30. The molecule has 2 aromatic rings. The molecule has 1 atom stereocenters. The lowest BCUT2D eigenvalue weighted by Gasteiger charge is -2.15. The fourth-order valence-corrected chi connectivity index (χ4v) is 2.68. The third-order valence-electron chi connectivity index (χ3n) is 4.33. The molecule has 0 saturated heterocycles. The summed E-state index contributed by atoms with van der Waals surface area (Å²) in [6.07, 6.45) is 2.75. The van der Waals surface area contributed by atoms with Crippen LogP contribution in [0.15, 0.2) is 47.6 Å². The maximum Gasteiger partial charge on any atom is 0.213 e. The van der Waals surface area contributed by atoms with Gasteiger partial charge in [0.25, 0.3) is 0 Å². The standard InChI is InChI=1S/C21H30N4O2.HI/c1-5-22-21(25-15-17-11-13-23-20(14-17)27-4)24-12-10-16(2)18-6-8-19(26-3)9-7-18;/h6-9,11,13-14,16H,5,10,12,15H2,1-4H3,(H2,22,24,25);1H. The molecule has 0 bridgehead atoms. The van der Waals surface area contributed by atoms with Gasteiger partial charge in [-0.15, -0.1) is 24.0 Å². The van der Waals surface area contributed by atoms with E-state index in [0.29, 0.717) is 18.3 Å². The number of halogens is 1. The number of aliphatic imine (C=N–C) groups is 1. The summed E-state index contributed by atoms with van der Waals surface area (Å²) in [6, 6.07) is 12.1. The minimum absolute atomic E-state index is 0. The molecule has 0 radical (unpaired) electrons. The summed E-state index contributed by atoms with van der Waals surface area (Å²) in [6.45, 7) is 6.53. The quantitative estimate of drug-likeness (QED) is 0.311.